The van der Waals surface area contributed by atoms with Gasteiger partial charge in [-0.1, -0.05) is 24.3 Å². The molecule has 3 aromatic carbocycles. The molecule has 1 aliphatic rings. The maximum absolute atomic E-state index is 13.3. The van der Waals surface area contributed by atoms with Crippen molar-refractivity contribution in [2.75, 3.05) is 17.7 Å². The van der Waals surface area contributed by atoms with E-state index < -0.39 is 18.2 Å². The average Bonchev–Trinajstić information content (AvgIpc) is 3.46. The standard InChI is InChI=1S/C33H33FN4O5/c1-17-28(35-19(3)29(17)38-33(42)30(39)21-6-5-7-24(14-21)43-4)16-26-25-15-22(10-13-27(25)37-32(26)41)31(40)36-18(2)20-8-11-23(34)12-9-20/h5-16,18,30,32,35,37,39,41H,1-4H3,(H,36,40)(H,38,42)/b26-16-/t18-,30?,32?/m1/s1. The lowest BCUT2D eigenvalue weighted by Gasteiger charge is -2.15. The van der Waals surface area contributed by atoms with E-state index in [1.807, 2.05) is 13.8 Å². The Morgan fingerprint density at radius 3 is 2.51 bits per heavy atom. The summed E-state index contributed by atoms with van der Waals surface area (Å²) in [5.74, 6) is -0.735. The number of nitrogens with one attached hydrogen (secondary N) is 4. The molecule has 0 radical (unpaired) electrons. The maximum Gasteiger partial charge on any atom is 0.257 e. The van der Waals surface area contributed by atoms with Gasteiger partial charge in [0.1, 0.15) is 11.6 Å². The van der Waals surface area contributed by atoms with Gasteiger partial charge in [-0.3, -0.25) is 9.59 Å². The van der Waals surface area contributed by atoms with Crippen molar-refractivity contribution in [3.05, 3.63) is 112 Å². The van der Waals surface area contributed by atoms with Crippen LogP contribution in [0.15, 0.2) is 66.7 Å². The molecule has 6 N–H and O–H groups in total. The van der Waals surface area contributed by atoms with Crippen molar-refractivity contribution in [1.29, 1.82) is 0 Å². The van der Waals surface area contributed by atoms with Gasteiger partial charge in [-0.2, -0.15) is 0 Å². The molecule has 0 saturated carbocycles. The van der Waals surface area contributed by atoms with Crippen LogP contribution in [0.25, 0.3) is 11.6 Å². The molecule has 2 heterocycles. The number of ether oxygens (including phenoxy) is 1. The van der Waals surface area contributed by atoms with E-state index in [0.29, 0.717) is 56.3 Å². The van der Waals surface area contributed by atoms with Crippen molar-refractivity contribution < 1.29 is 28.9 Å². The van der Waals surface area contributed by atoms with Crippen LogP contribution in [0.3, 0.4) is 0 Å². The first kappa shape index (κ1) is 29.6. The van der Waals surface area contributed by atoms with Crippen LogP contribution in [-0.4, -0.2) is 40.3 Å². The van der Waals surface area contributed by atoms with Crippen molar-refractivity contribution in [3.63, 3.8) is 0 Å². The number of aliphatic hydroxyl groups excluding tert-OH is 2. The fourth-order valence-electron chi connectivity index (χ4n) is 5.11. The Morgan fingerprint density at radius 1 is 1.05 bits per heavy atom. The molecule has 0 bridgehead atoms. The summed E-state index contributed by atoms with van der Waals surface area (Å²) in [4.78, 5) is 29.3. The Bertz CT molecular complexity index is 1710. The first-order valence-corrected chi connectivity index (χ1v) is 13.7. The van der Waals surface area contributed by atoms with Gasteiger partial charge in [0.25, 0.3) is 11.8 Å². The second-order valence-electron chi connectivity index (χ2n) is 10.5. The average molecular weight is 585 g/mol. The van der Waals surface area contributed by atoms with E-state index in [1.54, 1.807) is 67.6 Å². The summed E-state index contributed by atoms with van der Waals surface area (Å²) in [5, 5.41) is 30.2. The Balaban J connectivity index is 1.37. The number of aromatic amines is 1. The zero-order valence-corrected chi connectivity index (χ0v) is 24.2. The molecule has 9 nitrogen and oxygen atoms in total. The summed E-state index contributed by atoms with van der Waals surface area (Å²) < 4.78 is 18.5. The predicted molar refractivity (Wildman–Crippen MR) is 163 cm³/mol. The molecular weight excluding hydrogens is 551 g/mol. The van der Waals surface area contributed by atoms with E-state index in [9.17, 15) is 24.2 Å². The van der Waals surface area contributed by atoms with E-state index in [0.717, 1.165) is 5.56 Å². The van der Waals surface area contributed by atoms with Gasteiger partial charge in [0, 0.05) is 33.8 Å². The quantitative estimate of drug-likeness (QED) is 0.168. The van der Waals surface area contributed by atoms with Crippen LogP contribution in [0.4, 0.5) is 15.8 Å². The number of benzene rings is 3. The van der Waals surface area contributed by atoms with Crippen molar-refractivity contribution in [3.8, 4) is 5.75 Å². The second kappa shape index (κ2) is 12.1. The minimum atomic E-state index is -1.41. The minimum Gasteiger partial charge on any atom is -0.497 e. The third-order valence-electron chi connectivity index (χ3n) is 7.58. The van der Waals surface area contributed by atoms with E-state index in [4.69, 9.17) is 4.74 Å². The van der Waals surface area contributed by atoms with Gasteiger partial charge in [-0.05, 0) is 86.0 Å². The topological polar surface area (TPSA) is 136 Å². The molecular formula is C33H33FN4O5. The summed E-state index contributed by atoms with van der Waals surface area (Å²) in [6.45, 7) is 5.43. The lowest BCUT2D eigenvalue weighted by molar-refractivity contribution is -0.124. The fraction of sp³-hybridized carbons (Fsp3) is 0.212. The molecule has 43 heavy (non-hydrogen) atoms. The van der Waals surface area contributed by atoms with E-state index in [-0.39, 0.29) is 17.8 Å². The molecule has 0 fully saturated rings. The molecule has 1 aromatic heterocycles. The van der Waals surface area contributed by atoms with Crippen molar-refractivity contribution in [2.45, 2.75) is 39.1 Å². The number of hydrogen-bond acceptors (Lipinski definition) is 6. The van der Waals surface area contributed by atoms with Crippen LogP contribution in [0.5, 0.6) is 5.75 Å². The SMILES string of the molecule is COc1cccc(C(O)C(=O)Nc2c(C)[nH]c(/C=C3/c4cc(C(=O)N[C@H](C)c5ccc(F)cc5)ccc4NC3O)c2C)c1. The van der Waals surface area contributed by atoms with Crippen LogP contribution in [0.2, 0.25) is 0 Å². The molecule has 10 heteroatoms. The molecule has 3 atom stereocenters. The van der Waals surface area contributed by atoms with Gasteiger partial charge in [0.05, 0.1) is 18.8 Å². The molecule has 0 spiro atoms. The highest BCUT2D eigenvalue weighted by Crippen LogP contribution is 2.37. The van der Waals surface area contributed by atoms with Crippen LogP contribution in [0, 0.1) is 19.7 Å². The number of carbonyl (C=O) groups is 2. The molecule has 1 aliphatic heterocycles. The Labute approximate surface area is 248 Å². The number of rotatable bonds is 8. The second-order valence-corrected chi connectivity index (χ2v) is 10.5. The number of carbonyl (C=O) groups excluding carboxylic acids is 2. The first-order chi connectivity index (χ1) is 20.5. The normalized spacial score (nSPS) is 16.3. The summed E-state index contributed by atoms with van der Waals surface area (Å²) >= 11 is 0. The number of fused-ring (bicyclic) bond motifs is 1. The largest absolute Gasteiger partial charge is 0.497 e. The van der Waals surface area contributed by atoms with Gasteiger partial charge in [0.15, 0.2) is 12.3 Å². The smallest absolute Gasteiger partial charge is 0.257 e. The number of hydrogen-bond donors (Lipinski definition) is 6. The van der Waals surface area contributed by atoms with Crippen molar-refractivity contribution in [2.24, 2.45) is 0 Å². The molecule has 222 valence electrons. The maximum atomic E-state index is 13.3. The van der Waals surface area contributed by atoms with Gasteiger partial charge in [-0.15, -0.1) is 0 Å². The number of aryl methyl sites for hydroxylation is 1. The summed E-state index contributed by atoms with van der Waals surface area (Å²) in [5.41, 5.74) is 5.95. The lowest BCUT2D eigenvalue weighted by atomic mass is 10.0. The first-order valence-electron chi connectivity index (χ1n) is 13.7. The van der Waals surface area contributed by atoms with Crippen LogP contribution in [-0.2, 0) is 4.79 Å². The number of aliphatic hydroxyl groups is 2. The number of aromatic nitrogens is 1. The van der Waals surface area contributed by atoms with Crippen LogP contribution >= 0.6 is 0 Å². The lowest BCUT2D eigenvalue weighted by Crippen LogP contribution is -2.26. The monoisotopic (exact) mass is 584 g/mol. The minimum absolute atomic E-state index is 0.313. The Kier molecular flexibility index (Phi) is 8.33. The number of halogens is 1. The Hall–Kier alpha value is -4.93. The molecule has 5 rings (SSSR count). The number of anilines is 2. The van der Waals surface area contributed by atoms with Crippen LogP contribution < -0.4 is 20.7 Å². The fourth-order valence-corrected chi connectivity index (χ4v) is 5.11. The van der Waals surface area contributed by atoms with Crippen LogP contribution in [0.1, 0.15) is 63.1 Å². The number of amides is 2. The van der Waals surface area contributed by atoms with Gasteiger partial charge >= 0.3 is 0 Å². The summed E-state index contributed by atoms with van der Waals surface area (Å²) in [6, 6.07) is 17.4. The third-order valence-corrected chi connectivity index (χ3v) is 7.58. The zero-order valence-electron chi connectivity index (χ0n) is 24.2. The van der Waals surface area contributed by atoms with Crippen molar-refractivity contribution >= 4 is 34.8 Å². The van der Waals surface area contributed by atoms with E-state index in [1.165, 1.54) is 19.2 Å². The van der Waals surface area contributed by atoms with E-state index in [2.05, 4.69) is 20.9 Å². The van der Waals surface area contributed by atoms with Crippen molar-refractivity contribution in [1.82, 2.24) is 10.3 Å². The summed E-state index contributed by atoms with van der Waals surface area (Å²) in [6.07, 6.45) is -0.668. The van der Waals surface area contributed by atoms with Gasteiger partial charge in [-0.25, -0.2) is 4.39 Å². The summed E-state index contributed by atoms with van der Waals surface area (Å²) in [7, 11) is 1.51. The number of H-pyrrole nitrogens is 1. The molecule has 0 aliphatic carbocycles. The number of methoxy groups -OCH3 is 1. The highest BCUT2D eigenvalue weighted by molar-refractivity contribution is 6.01. The highest BCUT2D eigenvalue weighted by atomic mass is 19.1. The molecule has 4 aromatic rings. The Morgan fingerprint density at radius 2 is 1.79 bits per heavy atom. The molecule has 2 amide bonds. The third kappa shape index (κ3) is 6.15. The predicted octanol–water partition coefficient (Wildman–Crippen LogP) is 5.23. The van der Waals surface area contributed by atoms with Gasteiger partial charge < -0.3 is 35.9 Å². The van der Waals surface area contributed by atoms with E-state index >= 15 is 0 Å². The molecule has 2 unspecified atom stereocenters. The molecule has 0 saturated heterocycles. The zero-order chi connectivity index (χ0) is 30.8. The van der Waals surface area contributed by atoms with Gasteiger partial charge in [0.2, 0.25) is 0 Å². The highest BCUT2D eigenvalue weighted by Gasteiger charge is 2.27.